The minimum Gasteiger partial charge on any atom is -0.379 e. The Balaban J connectivity index is 1.37. The van der Waals surface area contributed by atoms with Crippen LogP contribution >= 0.6 is 11.3 Å². The number of carbonyl (C=O) groups excluding carboxylic acids is 1. The van der Waals surface area contributed by atoms with Crippen molar-refractivity contribution in [3.63, 3.8) is 0 Å². The molecule has 0 spiro atoms. The lowest BCUT2D eigenvalue weighted by atomic mass is 9.96. The number of ether oxygens (including phenoxy) is 1. The van der Waals surface area contributed by atoms with Crippen molar-refractivity contribution >= 4 is 38.2 Å². The second-order valence-electron chi connectivity index (χ2n) is 8.11. The molecule has 0 radical (unpaired) electrons. The van der Waals surface area contributed by atoms with Crippen LogP contribution in [0.15, 0.2) is 77.1 Å². The first-order valence-electron chi connectivity index (χ1n) is 11.1. The number of nitrogens with zero attached hydrogens (tertiary/aromatic N) is 1. The highest BCUT2D eigenvalue weighted by molar-refractivity contribution is 7.89. The van der Waals surface area contributed by atoms with Crippen LogP contribution in [0.4, 0.5) is 0 Å². The molecule has 1 amide bonds. The van der Waals surface area contributed by atoms with Gasteiger partial charge in [-0.25, -0.2) is 8.42 Å². The molecule has 9 heteroatoms. The lowest BCUT2D eigenvalue weighted by Crippen LogP contribution is -2.40. The number of aromatic nitrogens is 1. The van der Waals surface area contributed by atoms with Crippen LogP contribution in [0.25, 0.3) is 10.9 Å². The molecule has 1 aliphatic heterocycles. The molecule has 34 heavy (non-hydrogen) atoms. The molecule has 0 unspecified atom stereocenters. The van der Waals surface area contributed by atoms with Gasteiger partial charge in [0.1, 0.15) is 0 Å². The van der Waals surface area contributed by atoms with E-state index in [1.54, 1.807) is 23.5 Å². The molecule has 5 rings (SSSR count). The van der Waals surface area contributed by atoms with E-state index >= 15 is 0 Å². The van der Waals surface area contributed by atoms with Crippen molar-refractivity contribution < 1.29 is 17.9 Å². The van der Waals surface area contributed by atoms with E-state index in [1.165, 1.54) is 16.4 Å². The quantitative estimate of drug-likeness (QED) is 0.408. The second kappa shape index (κ2) is 9.71. The molecule has 0 saturated carbocycles. The van der Waals surface area contributed by atoms with Crippen molar-refractivity contribution in [3.8, 4) is 0 Å². The highest BCUT2D eigenvalue weighted by Crippen LogP contribution is 2.33. The number of hydrogen-bond donors (Lipinski definition) is 2. The topological polar surface area (TPSA) is 91.5 Å². The Morgan fingerprint density at radius 1 is 1.09 bits per heavy atom. The minimum atomic E-state index is -3.67. The summed E-state index contributed by atoms with van der Waals surface area (Å²) in [6.45, 7) is 1.76. The molecule has 2 N–H and O–H groups in total. The third kappa shape index (κ3) is 4.52. The number of para-hydroxylation sites is 1. The van der Waals surface area contributed by atoms with Crippen molar-refractivity contribution in [2.24, 2.45) is 0 Å². The van der Waals surface area contributed by atoms with Gasteiger partial charge < -0.3 is 15.0 Å². The summed E-state index contributed by atoms with van der Waals surface area (Å²) in [5.41, 5.74) is 2.48. The van der Waals surface area contributed by atoms with E-state index in [0.29, 0.717) is 38.4 Å². The standard InChI is InChI=1S/C25H25N3O4S2/c29-25(18-5-3-6-19(15-18)34(30,31)28-10-12-32-13-11-28)27-17-22(24-9-4-14-33-24)21-16-26-23-8-2-1-7-20(21)23/h1-9,14-16,22,26H,10-13,17H2,(H,27,29)/t22-/m1/s1. The summed E-state index contributed by atoms with van der Waals surface area (Å²) in [5, 5.41) is 6.17. The zero-order chi connectivity index (χ0) is 23.5. The number of aromatic amines is 1. The van der Waals surface area contributed by atoms with Crippen molar-refractivity contribution in [1.29, 1.82) is 0 Å². The van der Waals surface area contributed by atoms with Gasteiger partial charge in [0.05, 0.1) is 18.1 Å². The Morgan fingerprint density at radius 2 is 1.91 bits per heavy atom. The van der Waals surface area contributed by atoms with E-state index in [4.69, 9.17) is 4.74 Å². The molecule has 0 bridgehead atoms. The van der Waals surface area contributed by atoms with Crippen LogP contribution < -0.4 is 5.32 Å². The summed E-state index contributed by atoms with van der Waals surface area (Å²) in [5.74, 6) is -0.333. The number of nitrogens with one attached hydrogen (secondary N) is 2. The van der Waals surface area contributed by atoms with Crippen molar-refractivity contribution in [1.82, 2.24) is 14.6 Å². The molecule has 176 valence electrons. The van der Waals surface area contributed by atoms with Gasteiger partial charge in [-0.3, -0.25) is 4.79 Å². The predicted molar refractivity (Wildman–Crippen MR) is 133 cm³/mol. The van der Waals surface area contributed by atoms with E-state index in [0.717, 1.165) is 21.3 Å². The summed E-state index contributed by atoms with van der Waals surface area (Å²) in [7, 11) is -3.67. The fraction of sp³-hybridized carbons (Fsp3) is 0.240. The van der Waals surface area contributed by atoms with Crippen molar-refractivity contribution in [2.45, 2.75) is 10.8 Å². The van der Waals surface area contributed by atoms with E-state index in [1.807, 2.05) is 35.8 Å². The maximum atomic E-state index is 13.1. The molecule has 1 fully saturated rings. The summed E-state index contributed by atoms with van der Waals surface area (Å²) in [6, 6.07) is 18.4. The maximum Gasteiger partial charge on any atom is 0.251 e. The predicted octanol–water partition coefficient (Wildman–Crippen LogP) is 3.81. The van der Waals surface area contributed by atoms with Gasteiger partial charge in [0.25, 0.3) is 5.91 Å². The largest absolute Gasteiger partial charge is 0.379 e. The lowest BCUT2D eigenvalue weighted by molar-refractivity contribution is 0.0730. The Morgan fingerprint density at radius 3 is 2.71 bits per heavy atom. The van der Waals surface area contributed by atoms with Crippen LogP contribution in [0.2, 0.25) is 0 Å². The van der Waals surface area contributed by atoms with Gasteiger partial charge in [0.15, 0.2) is 0 Å². The summed E-state index contributed by atoms with van der Waals surface area (Å²) < 4.78 is 32.7. The normalized spacial score (nSPS) is 15.9. The van der Waals surface area contributed by atoms with Crippen LogP contribution in [0, 0.1) is 0 Å². The number of thiophene rings is 1. The number of sulfonamides is 1. The van der Waals surface area contributed by atoms with Crippen molar-refractivity contribution in [2.75, 3.05) is 32.8 Å². The zero-order valence-electron chi connectivity index (χ0n) is 18.4. The van der Waals surface area contributed by atoms with E-state index in [-0.39, 0.29) is 16.7 Å². The molecule has 0 aliphatic carbocycles. The number of hydrogen-bond acceptors (Lipinski definition) is 5. The first-order valence-corrected chi connectivity index (χ1v) is 13.4. The van der Waals surface area contributed by atoms with Gasteiger partial charge in [0, 0.05) is 53.1 Å². The third-order valence-electron chi connectivity index (χ3n) is 6.05. The SMILES string of the molecule is O=C(NC[C@@H](c1cccs1)c1c[nH]c2ccccc12)c1cccc(S(=O)(=O)N2CCOCC2)c1. The number of fused-ring (bicyclic) bond motifs is 1. The molecule has 3 heterocycles. The molecule has 4 aromatic rings. The van der Waals surface area contributed by atoms with Crippen LogP contribution in [-0.2, 0) is 14.8 Å². The molecule has 7 nitrogen and oxygen atoms in total. The molecule has 2 aromatic carbocycles. The third-order valence-corrected chi connectivity index (χ3v) is 8.93. The van der Waals surface area contributed by atoms with Gasteiger partial charge in [-0.2, -0.15) is 4.31 Å². The molecule has 1 saturated heterocycles. The second-order valence-corrected chi connectivity index (χ2v) is 11.0. The van der Waals surface area contributed by atoms with Gasteiger partial charge in [0.2, 0.25) is 10.0 Å². The first kappa shape index (κ1) is 22.8. The minimum absolute atomic E-state index is 0.0274. The number of morpholine rings is 1. The van der Waals surface area contributed by atoms with E-state index in [2.05, 4.69) is 22.4 Å². The van der Waals surface area contributed by atoms with E-state index in [9.17, 15) is 13.2 Å². The highest BCUT2D eigenvalue weighted by atomic mass is 32.2. The number of amides is 1. The van der Waals surface area contributed by atoms with Gasteiger partial charge in [-0.15, -0.1) is 11.3 Å². The monoisotopic (exact) mass is 495 g/mol. The fourth-order valence-corrected chi connectivity index (χ4v) is 6.57. The van der Waals surface area contributed by atoms with Crippen LogP contribution in [0.3, 0.4) is 0 Å². The molecule has 1 aliphatic rings. The molecule has 2 aromatic heterocycles. The van der Waals surface area contributed by atoms with Gasteiger partial charge in [-0.1, -0.05) is 30.3 Å². The Labute approximate surface area is 202 Å². The van der Waals surface area contributed by atoms with Crippen LogP contribution in [0.5, 0.6) is 0 Å². The zero-order valence-corrected chi connectivity index (χ0v) is 20.1. The van der Waals surface area contributed by atoms with Gasteiger partial charge in [-0.05, 0) is 41.3 Å². The highest BCUT2D eigenvalue weighted by Gasteiger charge is 2.27. The summed E-state index contributed by atoms with van der Waals surface area (Å²) >= 11 is 1.65. The smallest absolute Gasteiger partial charge is 0.251 e. The summed E-state index contributed by atoms with van der Waals surface area (Å²) in [4.78, 5) is 17.6. The average Bonchev–Trinajstić information content (AvgIpc) is 3.56. The van der Waals surface area contributed by atoms with Gasteiger partial charge >= 0.3 is 0 Å². The van der Waals surface area contributed by atoms with Crippen LogP contribution in [0.1, 0.15) is 26.7 Å². The Kier molecular flexibility index (Phi) is 6.51. The lowest BCUT2D eigenvalue weighted by Gasteiger charge is -2.26. The molecular formula is C25H25N3O4S2. The Hall–Kier alpha value is -2.98. The van der Waals surface area contributed by atoms with Crippen molar-refractivity contribution in [3.05, 3.63) is 88.2 Å². The maximum absolute atomic E-state index is 13.1. The number of benzene rings is 2. The number of carbonyl (C=O) groups is 1. The Bertz CT molecular complexity index is 1390. The number of rotatable bonds is 7. The molecular weight excluding hydrogens is 470 g/mol. The fourth-order valence-electron chi connectivity index (χ4n) is 4.27. The average molecular weight is 496 g/mol. The van der Waals surface area contributed by atoms with E-state index < -0.39 is 10.0 Å². The molecule has 1 atom stereocenters. The number of H-pyrrole nitrogens is 1. The summed E-state index contributed by atoms with van der Waals surface area (Å²) in [6.07, 6.45) is 2.00. The van der Waals surface area contributed by atoms with Crippen LogP contribution in [-0.4, -0.2) is 56.5 Å². The first-order chi connectivity index (χ1) is 16.5.